The predicted molar refractivity (Wildman–Crippen MR) is 129 cm³/mol. The summed E-state index contributed by atoms with van der Waals surface area (Å²) in [5.74, 6) is -0.602. The summed E-state index contributed by atoms with van der Waals surface area (Å²) in [5.41, 5.74) is 3.16. The molecule has 1 aromatic heterocycles. The first-order chi connectivity index (χ1) is 15.9. The Labute approximate surface area is 197 Å². The van der Waals surface area contributed by atoms with E-state index in [4.69, 9.17) is 16.3 Å². The number of esters is 1. The second-order valence-corrected chi connectivity index (χ2v) is 7.77. The Morgan fingerprint density at radius 1 is 1.15 bits per heavy atom. The van der Waals surface area contributed by atoms with Gasteiger partial charge in [0.25, 0.3) is 5.91 Å². The molecule has 0 radical (unpaired) electrons. The molecule has 172 valence electrons. The molecule has 0 aliphatic rings. The number of benzene rings is 2. The second-order valence-electron chi connectivity index (χ2n) is 7.33. The lowest BCUT2D eigenvalue weighted by Gasteiger charge is -2.13. The summed E-state index contributed by atoms with van der Waals surface area (Å²) in [6.07, 6.45) is 2.93. The number of rotatable bonds is 7. The number of nitrogens with one attached hydrogen (secondary N) is 2. The van der Waals surface area contributed by atoms with Gasteiger partial charge in [-0.25, -0.2) is 9.79 Å². The van der Waals surface area contributed by atoms with Crippen molar-refractivity contribution in [3.05, 3.63) is 82.1 Å². The van der Waals surface area contributed by atoms with Crippen molar-refractivity contribution in [1.82, 2.24) is 15.1 Å². The first-order valence-corrected chi connectivity index (χ1v) is 10.9. The van der Waals surface area contributed by atoms with Gasteiger partial charge in [0.2, 0.25) is 5.96 Å². The molecule has 2 N–H and O–H groups in total. The van der Waals surface area contributed by atoms with Crippen LogP contribution in [0.4, 0.5) is 5.69 Å². The molecule has 0 unspecified atom stereocenters. The lowest BCUT2D eigenvalue weighted by Crippen LogP contribution is -2.36. The van der Waals surface area contributed by atoms with Gasteiger partial charge in [0.1, 0.15) is 0 Å². The first kappa shape index (κ1) is 24.0. The highest BCUT2D eigenvalue weighted by atomic mass is 35.5. The van der Waals surface area contributed by atoms with Gasteiger partial charge in [0, 0.05) is 34.6 Å². The minimum atomic E-state index is -0.459. The van der Waals surface area contributed by atoms with E-state index in [-0.39, 0.29) is 11.9 Å². The smallest absolute Gasteiger partial charge is 0.337 e. The van der Waals surface area contributed by atoms with E-state index >= 15 is 0 Å². The Morgan fingerprint density at radius 2 is 1.91 bits per heavy atom. The molecule has 0 atom stereocenters. The van der Waals surface area contributed by atoms with Crippen molar-refractivity contribution in [3.63, 3.8) is 0 Å². The average Bonchev–Trinajstić information content (AvgIpc) is 3.16. The molecule has 3 aromatic rings. The van der Waals surface area contributed by atoms with Gasteiger partial charge in [-0.2, -0.15) is 5.10 Å². The maximum Gasteiger partial charge on any atom is 0.337 e. The van der Waals surface area contributed by atoms with Gasteiger partial charge in [-0.1, -0.05) is 30.7 Å². The topological polar surface area (TPSA) is 97.6 Å². The maximum absolute atomic E-state index is 12.8. The SMILES string of the molecule is CCCn1cc(CN=C(NC(=O)c2cccc(Cl)c2)Nc2cccc(C(=O)OC)c2)c(C)n1. The quantitative estimate of drug-likeness (QED) is 0.304. The number of ether oxygens (including phenoxy) is 1. The number of hydrogen-bond acceptors (Lipinski definition) is 5. The number of aliphatic imine (C=N–C) groups is 1. The van der Waals surface area contributed by atoms with Gasteiger partial charge < -0.3 is 10.1 Å². The number of aromatic nitrogens is 2. The fourth-order valence-corrected chi connectivity index (χ4v) is 3.31. The van der Waals surface area contributed by atoms with Crippen LogP contribution in [-0.4, -0.2) is 34.7 Å². The van der Waals surface area contributed by atoms with Crippen LogP contribution in [0.2, 0.25) is 5.02 Å². The first-order valence-electron chi connectivity index (χ1n) is 10.5. The Hall–Kier alpha value is -3.65. The van der Waals surface area contributed by atoms with Crippen LogP contribution < -0.4 is 10.6 Å². The number of amides is 1. The van der Waals surface area contributed by atoms with Crippen LogP contribution in [0.3, 0.4) is 0 Å². The normalized spacial score (nSPS) is 11.2. The molecule has 0 aliphatic heterocycles. The van der Waals surface area contributed by atoms with E-state index in [1.54, 1.807) is 48.5 Å². The lowest BCUT2D eigenvalue weighted by atomic mass is 10.2. The number of carbonyl (C=O) groups is 2. The number of halogens is 1. The summed E-state index contributed by atoms with van der Waals surface area (Å²) >= 11 is 6.02. The van der Waals surface area contributed by atoms with Crippen molar-refractivity contribution in [1.29, 1.82) is 0 Å². The molecule has 0 saturated carbocycles. The molecule has 0 saturated heterocycles. The van der Waals surface area contributed by atoms with Gasteiger partial charge in [-0.05, 0) is 49.7 Å². The zero-order valence-corrected chi connectivity index (χ0v) is 19.5. The Morgan fingerprint density at radius 3 is 2.64 bits per heavy atom. The molecular weight excluding hydrogens is 442 g/mol. The molecule has 0 aliphatic carbocycles. The average molecular weight is 468 g/mol. The van der Waals surface area contributed by atoms with Gasteiger partial charge in [-0.3, -0.25) is 14.8 Å². The number of methoxy groups -OCH3 is 1. The van der Waals surface area contributed by atoms with E-state index in [1.165, 1.54) is 7.11 Å². The molecular formula is C24H26ClN5O3. The van der Waals surface area contributed by atoms with E-state index in [1.807, 2.05) is 17.8 Å². The Bertz CT molecular complexity index is 1170. The van der Waals surface area contributed by atoms with E-state index in [9.17, 15) is 9.59 Å². The minimum absolute atomic E-state index is 0.227. The molecule has 0 spiro atoms. The zero-order valence-electron chi connectivity index (χ0n) is 18.8. The maximum atomic E-state index is 12.8. The van der Waals surface area contributed by atoms with Gasteiger partial charge in [0.05, 0.1) is 24.9 Å². The van der Waals surface area contributed by atoms with Crippen molar-refractivity contribution in [2.75, 3.05) is 12.4 Å². The standard InChI is InChI=1S/C24H26ClN5O3/c1-4-11-30-15-19(16(2)29-30)14-26-24(28-22(31)17-7-5-9-20(25)12-17)27-21-10-6-8-18(13-21)23(32)33-3/h5-10,12-13,15H,4,11,14H2,1-3H3,(H2,26,27,28,31). The van der Waals surface area contributed by atoms with Crippen LogP contribution in [0, 0.1) is 6.92 Å². The number of aryl methyl sites for hydroxylation is 2. The van der Waals surface area contributed by atoms with Crippen molar-refractivity contribution in [2.45, 2.75) is 33.4 Å². The third-order valence-corrected chi connectivity index (χ3v) is 5.01. The molecule has 1 heterocycles. The largest absolute Gasteiger partial charge is 0.465 e. The zero-order chi connectivity index (χ0) is 23.8. The van der Waals surface area contributed by atoms with E-state index in [0.717, 1.165) is 24.2 Å². The summed E-state index contributed by atoms with van der Waals surface area (Å²) in [6, 6.07) is 13.4. The fourth-order valence-electron chi connectivity index (χ4n) is 3.12. The number of nitrogens with zero attached hydrogens (tertiary/aromatic N) is 3. The fraction of sp³-hybridized carbons (Fsp3) is 0.250. The van der Waals surface area contributed by atoms with Crippen molar-refractivity contribution in [3.8, 4) is 0 Å². The molecule has 33 heavy (non-hydrogen) atoms. The summed E-state index contributed by atoms with van der Waals surface area (Å²) < 4.78 is 6.67. The molecule has 8 nitrogen and oxygen atoms in total. The highest BCUT2D eigenvalue weighted by molar-refractivity contribution is 6.31. The minimum Gasteiger partial charge on any atom is -0.465 e. The van der Waals surface area contributed by atoms with Crippen LogP contribution in [0.25, 0.3) is 0 Å². The van der Waals surface area contributed by atoms with E-state index in [2.05, 4.69) is 27.6 Å². The van der Waals surface area contributed by atoms with Crippen molar-refractivity contribution in [2.24, 2.45) is 4.99 Å². The number of guanidine groups is 1. The van der Waals surface area contributed by atoms with Crippen LogP contribution in [0.5, 0.6) is 0 Å². The summed E-state index contributed by atoms with van der Waals surface area (Å²) in [7, 11) is 1.32. The van der Waals surface area contributed by atoms with E-state index in [0.29, 0.717) is 28.4 Å². The molecule has 2 aromatic carbocycles. The second kappa shape index (κ2) is 11.3. The van der Waals surface area contributed by atoms with Crippen molar-refractivity contribution >= 4 is 35.1 Å². The van der Waals surface area contributed by atoms with E-state index < -0.39 is 5.97 Å². The third kappa shape index (κ3) is 6.66. The molecule has 1 amide bonds. The highest BCUT2D eigenvalue weighted by Gasteiger charge is 2.12. The van der Waals surface area contributed by atoms with Gasteiger partial charge in [0.15, 0.2) is 0 Å². The Kier molecular flexibility index (Phi) is 8.21. The third-order valence-electron chi connectivity index (χ3n) is 4.77. The number of carbonyl (C=O) groups excluding carboxylic acids is 2. The lowest BCUT2D eigenvalue weighted by molar-refractivity contribution is 0.0600. The summed E-state index contributed by atoms with van der Waals surface area (Å²) in [5, 5.41) is 10.8. The summed E-state index contributed by atoms with van der Waals surface area (Å²) in [4.78, 5) is 29.3. The summed E-state index contributed by atoms with van der Waals surface area (Å²) in [6.45, 7) is 5.14. The van der Waals surface area contributed by atoms with Crippen LogP contribution in [0.1, 0.15) is 45.3 Å². The molecule has 3 rings (SSSR count). The van der Waals surface area contributed by atoms with Crippen LogP contribution >= 0.6 is 11.6 Å². The molecule has 0 fully saturated rings. The van der Waals surface area contributed by atoms with Gasteiger partial charge >= 0.3 is 5.97 Å². The van der Waals surface area contributed by atoms with Crippen LogP contribution in [0.15, 0.2) is 59.7 Å². The molecule has 9 heteroatoms. The monoisotopic (exact) mass is 467 g/mol. The number of hydrogen-bond donors (Lipinski definition) is 2. The van der Waals surface area contributed by atoms with Crippen LogP contribution in [-0.2, 0) is 17.8 Å². The Balaban J connectivity index is 1.86. The highest BCUT2D eigenvalue weighted by Crippen LogP contribution is 2.14. The van der Waals surface area contributed by atoms with Gasteiger partial charge in [-0.15, -0.1) is 0 Å². The van der Waals surface area contributed by atoms with Crippen molar-refractivity contribution < 1.29 is 14.3 Å². The number of anilines is 1. The molecule has 0 bridgehead atoms. The predicted octanol–water partition coefficient (Wildman–Crippen LogP) is 4.44.